The fraction of sp³-hybridized carbons (Fsp3) is 0.474. The number of aryl methyl sites for hydroxylation is 2. The van der Waals surface area contributed by atoms with Crippen molar-refractivity contribution in [2.45, 2.75) is 20.3 Å². The van der Waals surface area contributed by atoms with Crippen molar-refractivity contribution >= 4 is 11.8 Å². The first-order chi connectivity index (χ1) is 11.9. The number of rotatable bonds is 3. The van der Waals surface area contributed by atoms with Gasteiger partial charge >= 0.3 is 0 Å². The van der Waals surface area contributed by atoms with Gasteiger partial charge in [-0.1, -0.05) is 0 Å². The summed E-state index contributed by atoms with van der Waals surface area (Å²) in [4.78, 5) is 28.8. The van der Waals surface area contributed by atoms with E-state index in [9.17, 15) is 9.59 Å². The zero-order valence-corrected chi connectivity index (χ0v) is 15.5. The first-order valence-corrected chi connectivity index (χ1v) is 8.67. The standard InChI is InChI=1S/C19H26N4O2/c1-14-11-17(15(2)21(14)4)12-18(24)22-7-9-23(10-8-22)19(25)16-5-6-20(3)13-16/h5-6,11,13H,7-10,12H2,1-4H3. The molecule has 1 aliphatic rings. The van der Waals surface area contributed by atoms with Crippen molar-refractivity contribution in [1.29, 1.82) is 0 Å². The SMILES string of the molecule is Cc1cc(CC(=O)N2CCN(C(=O)c3ccn(C)c3)CC2)c(C)n1C. The summed E-state index contributed by atoms with van der Waals surface area (Å²) < 4.78 is 3.98. The molecule has 1 aliphatic heterocycles. The topological polar surface area (TPSA) is 50.5 Å². The highest BCUT2D eigenvalue weighted by molar-refractivity contribution is 5.94. The first kappa shape index (κ1) is 17.3. The minimum atomic E-state index is 0.0437. The molecule has 3 rings (SSSR count). The van der Waals surface area contributed by atoms with Crippen LogP contribution in [0.15, 0.2) is 24.5 Å². The van der Waals surface area contributed by atoms with Gasteiger partial charge in [0.05, 0.1) is 12.0 Å². The maximum Gasteiger partial charge on any atom is 0.255 e. The number of amides is 2. The van der Waals surface area contributed by atoms with Crippen LogP contribution >= 0.6 is 0 Å². The van der Waals surface area contributed by atoms with E-state index in [4.69, 9.17) is 0 Å². The molecule has 0 radical (unpaired) electrons. The molecule has 0 saturated carbocycles. The zero-order chi connectivity index (χ0) is 18.1. The molecule has 0 unspecified atom stereocenters. The van der Waals surface area contributed by atoms with Gasteiger partial charge in [-0.25, -0.2) is 0 Å². The van der Waals surface area contributed by atoms with Crippen LogP contribution in [0.3, 0.4) is 0 Å². The highest BCUT2D eigenvalue weighted by Crippen LogP contribution is 2.16. The quantitative estimate of drug-likeness (QED) is 0.849. The van der Waals surface area contributed by atoms with Crippen LogP contribution in [0.2, 0.25) is 0 Å². The first-order valence-electron chi connectivity index (χ1n) is 8.67. The second kappa shape index (κ2) is 6.78. The summed E-state index contributed by atoms with van der Waals surface area (Å²) in [5.41, 5.74) is 4.10. The lowest BCUT2D eigenvalue weighted by Gasteiger charge is -2.34. The van der Waals surface area contributed by atoms with Gasteiger partial charge in [-0.15, -0.1) is 0 Å². The Morgan fingerprint density at radius 2 is 1.68 bits per heavy atom. The van der Waals surface area contributed by atoms with E-state index >= 15 is 0 Å². The molecule has 2 aromatic rings. The van der Waals surface area contributed by atoms with Gasteiger partial charge in [0.25, 0.3) is 5.91 Å². The van der Waals surface area contributed by atoms with Gasteiger partial charge < -0.3 is 18.9 Å². The second-order valence-corrected chi connectivity index (χ2v) is 6.87. The fourth-order valence-electron chi connectivity index (χ4n) is 3.36. The smallest absolute Gasteiger partial charge is 0.255 e. The molecular formula is C19H26N4O2. The Morgan fingerprint density at radius 1 is 1.04 bits per heavy atom. The average molecular weight is 342 g/mol. The van der Waals surface area contributed by atoms with Crippen molar-refractivity contribution in [3.05, 3.63) is 47.0 Å². The molecule has 0 atom stereocenters. The van der Waals surface area contributed by atoms with E-state index < -0.39 is 0 Å². The Kier molecular flexibility index (Phi) is 4.70. The Labute approximate surface area is 148 Å². The van der Waals surface area contributed by atoms with Crippen molar-refractivity contribution < 1.29 is 9.59 Å². The molecule has 0 N–H and O–H groups in total. The monoisotopic (exact) mass is 342 g/mol. The van der Waals surface area contributed by atoms with E-state index in [0.717, 1.165) is 11.3 Å². The van der Waals surface area contributed by atoms with Gasteiger partial charge in [0.2, 0.25) is 5.91 Å². The fourth-order valence-corrected chi connectivity index (χ4v) is 3.36. The summed E-state index contributed by atoms with van der Waals surface area (Å²) >= 11 is 0. The Hall–Kier alpha value is -2.50. The summed E-state index contributed by atoms with van der Waals surface area (Å²) in [6.45, 7) is 6.48. The van der Waals surface area contributed by atoms with Crippen molar-refractivity contribution in [3.63, 3.8) is 0 Å². The summed E-state index contributed by atoms with van der Waals surface area (Å²) in [6, 6.07) is 3.92. The zero-order valence-electron chi connectivity index (χ0n) is 15.5. The van der Waals surface area contributed by atoms with Crippen molar-refractivity contribution in [2.24, 2.45) is 14.1 Å². The van der Waals surface area contributed by atoms with Crippen LogP contribution in [0.1, 0.15) is 27.3 Å². The Bertz CT molecular complexity index is 794. The van der Waals surface area contributed by atoms with Crippen LogP contribution in [-0.2, 0) is 25.3 Å². The Balaban J connectivity index is 1.57. The molecule has 1 fully saturated rings. The average Bonchev–Trinajstić information content (AvgIpc) is 3.14. The molecule has 134 valence electrons. The molecule has 2 amide bonds. The predicted molar refractivity (Wildman–Crippen MR) is 96.5 cm³/mol. The van der Waals surface area contributed by atoms with E-state index in [2.05, 4.69) is 17.6 Å². The molecule has 0 spiro atoms. The summed E-state index contributed by atoms with van der Waals surface area (Å²) in [6.07, 6.45) is 4.14. The van der Waals surface area contributed by atoms with Crippen LogP contribution in [0.25, 0.3) is 0 Å². The van der Waals surface area contributed by atoms with E-state index in [1.54, 1.807) is 0 Å². The molecular weight excluding hydrogens is 316 g/mol. The number of hydrogen-bond acceptors (Lipinski definition) is 2. The molecule has 1 saturated heterocycles. The van der Waals surface area contributed by atoms with Crippen LogP contribution < -0.4 is 0 Å². The number of carbonyl (C=O) groups is 2. The van der Waals surface area contributed by atoms with Crippen LogP contribution in [-0.4, -0.2) is 56.9 Å². The van der Waals surface area contributed by atoms with Crippen LogP contribution in [0.5, 0.6) is 0 Å². The molecule has 2 aromatic heterocycles. The highest BCUT2D eigenvalue weighted by atomic mass is 16.2. The lowest BCUT2D eigenvalue weighted by atomic mass is 10.1. The molecule has 0 bridgehead atoms. The largest absolute Gasteiger partial charge is 0.356 e. The van der Waals surface area contributed by atoms with Crippen molar-refractivity contribution in [2.75, 3.05) is 26.2 Å². The van der Waals surface area contributed by atoms with Gasteiger partial charge in [-0.05, 0) is 31.5 Å². The van der Waals surface area contributed by atoms with Gasteiger partial charge in [0, 0.05) is 64.1 Å². The number of nitrogens with zero attached hydrogens (tertiary/aromatic N) is 4. The third-order valence-electron chi connectivity index (χ3n) is 5.22. The minimum absolute atomic E-state index is 0.0437. The van der Waals surface area contributed by atoms with E-state index in [-0.39, 0.29) is 11.8 Å². The van der Waals surface area contributed by atoms with E-state index in [1.807, 2.05) is 53.8 Å². The number of piperazine rings is 1. The number of carbonyl (C=O) groups excluding carboxylic acids is 2. The number of aromatic nitrogens is 2. The molecule has 0 aromatic carbocycles. The Morgan fingerprint density at radius 3 is 2.20 bits per heavy atom. The number of hydrogen-bond donors (Lipinski definition) is 0. The van der Waals surface area contributed by atoms with Crippen LogP contribution in [0.4, 0.5) is 0 Å². The van der Waals surface area contributed by atoms with Gasteiger partial charge in [-0.2, -0.15) is 0 Å². The van der Waals surface area contributed by atoms with Crippen LogP contribution in [0, 0.1) is 13.8 Å². The normalized spacial score (nSPS) is 14.9. The van der Waals surface area contributed by atoms with Crippen molar-refractivity contribution in [3.8, 4) is 0 Å². The van der Waals surface area contributed by atoms with Crippen molar-refractivity contribution in [1.82, 2.24) is 18.9 Å². The van der Waals surface area contributed by atoms with E-state index in [0.29, 0.717) is 38.2 Å². The van der Waals surface area contributed by atoms with E-state index in [1.165, 1.54) is 5.69 Å². The predicted octanol–water partition coefficient (Wildman–Crippen LogP) is 1.51. The molecule has 6 nitrogen and oxygen atoms in total. The second-order valence-electron chi connectivity index (χ2n) is 6.87. The molecule has 0 aliphatic carbocycles. The van der Waals surface area contributed by atoms with Gasteiger partial charge in [0.15, 0.2) is 0 Å². The third kappa shape index (κ3) is 3.48. The lowest BCUT2D eigenvalue weighted by Crippen LogP contribution is -2.51. The maximum absolute atomic E-state index is 12.6. The third-order valence-corrected chi connectivity index (χ3v) is 5.22. The molecule has 25 heavy (non-hydrogen) atoms. The molecule has 6 heteroatoms. The maximum atomic E-state index is 12.6. The summed E-state index contributed by atoms with van der Waals surface area (Å²) in [7, 11) is 3.92. The minimum Gasteiger partial charge on any atom is -0.356 e. The highest BCUT2D eigenvalue weighted by Gasteiger charge is 2.25. The lowest BCUT2D eigenvalue weighted by molar-refractivity contribution is -0.131. The molecule has 3 heterocycles. The summed E-state index contributed by atoms with van der Waals surface area (Å²) in [5, 5.41) is 0. The van der Waals surface area contributed by atoms with Gasteiger partial charge in [-0.3, -0.25) is 9.59 Å². The summed E-state index contributed by atoms with van der Waals surface area (Å²) in [5.74, 6) is 0.183. The van der Waals surface area contributed by atoms with Gasteiger partial charge in [0.1, 0.15) is 0 Å².